The molecule has 0 saturated carbocycles. The van der Waals surface area contributed by atoms with Crippen molar-refractivity contribution in [1.29, 1.82) is 0 Å². The second-order valence-corrected chi connectivity index (χ2v) is 7.05. The maximum Gasteiger partial charge on any atom is 0.224 e. The molecule has 0 spiro atoms. The van der Waals surface area contributed by atoms with Gasteiger partial charge in [-0.25, -0.2) is 4.98 Å². The lowest BCUT2D eigenvalue weighted by molar-refractivity contribution is -0.131. The van der Waals surface area contributed by atoms with E-state index in [1.807, 2.05) is 48.6 Å². The summed E-state index contributed by atoms with van der Waals surface area (Å²) in [4.78, 5) is 25.8. The number of hydrogen-bond donors (Lipinski definition) is 0. The predicted octanol–water partition coefficient (Wildman–Crippen LogP) is 2.87. The number of amides is 1. The minimum absolute atomic E-state index is 0.223. The molecule has 0 unspecified atom stereocenters. The highest BCUT2D eigenvalue weighted by Gasteiger charge is 2.19. The number of fused-ring (bicyclic) bond motifs is 1. The molecule has 1 saturated heterocycles. The highest BCUT2D eigenvalue weighted by atomic mass is 16.2. The molecule has 0 N–H and O–H groups in total. The van der Waals surface area contributed by atoms with Crippen LogP contribution in [-0.4, -0.2) is 51.5 Å². The predicted molar refractivity (Wildman–Crippen MR) is 107 cm³/mol. The van der Waals surface area contributed by atoms with Gasteiger partial charge in [0.05, 0.1) is 17.4 Å². The Morgan fingerprint density at radius 3 is 2.85 bits per heavy atom. The zero-order valence-corrected chi connectivity index (χ0v) is 15.7. The Bertz CT molecular complexity index is 935. The molecule has 0 aliphatic carbocycles. The van der Waals surface area contributed by atoms with Crippen molar-refractivity contribution in [3.05, 3.63) is 54.6 Å². The van der Waals surface area contributed by atoms with Gasteiger partial charge >= 0.3 is 0 Å². The van der Waals surface area contributed by atoms with E-state index < -0.39 is 0 Å². The summed E-state index contributed by atoms with van der Waals surface area (Å²) in [5.74, 6) is 0.223. The average molecular weight is 363 g/mol. The minimum atomic E-state index is 0.223. The molecule has 2 aromatic heterocycles. The SMILES string of the molecule is Cc1cc(N2CCCN(C(=O)CCn3cnc4ccccc43)CC2)ccn1. The summed E-state index contributed by atoms with van der Waals surface area (Å²) >= 11 is 0. The Hall–Kier alpha value is -2.89. The smallest absolute Gasteiger partial charge is 0.224 e. The van der Waals surface area contributed by atoms with Crippen LogP contribution in [-0.2, 0) is 11.3 Å². The van der Waals surface area contributed by atoms with Crippen LogP contribution in [0.5, 0.6) is 0 Å². The van der Waals surface area contributed by atoms with Crippen LogP contribution in [0.4, 0.5) is 5.69 Å². The van der Waals surface area contributed by atoms with Crippen molar-refractivity contribution < 1.29 is 4.79 Å². The van der Waals surface area contributed by atoms with Gasteiger partial charge in [0.15, 0.2) is 0 Å². The molecule has 140 valence electrons. The van der Waals surface area contributed by atoms with Crippen LogP contribution in [0, 0.1) is 6.92 Å². The van der Waals surface area contributed by atoms with E-state index in [2.05, 4.69) is 31.6 Å². The molecule has 3 heterocycles. The number of benzene rings is 1. The number of pyridine rings is 1. The molecule has 0 bridgehead atoms. The van der Waals surface area contributed by atoms with E-state index >= 15 is 0 Å². The van der Waals surface area contributed by atoms with E-state index in [0.29, 0.717) is 13.0 Å². The van der Waals surface area contributed by atoms with E-state index in [1.165, 1.54) is 5.69 Å². The molecule has 1 aliphatic heterocycles. The zero-order valence-electron chi connectivity index (χ0n) is 15.7. The first-order chi connectivity index (χ1) is 13.2. The molecule has 3 aromatic rings. The molecule has 0 radical (unpaired) electrons. The summed E-state index contributed by atoms with van der Waals surface area (Å²) in [6.45, 7) is 6.11. The molecule has 6 heteroatoms. The van der Waals surface area contributed by atoms with Gasteiger partial charge < -0.3 is 14.4 Å². The molecular formula is C21H25N5O. The molecule has 0 atom stereocenters. The number of anilines is 1. The van der Waals surface area contributed by atoms with Gasteiger partial charge in [-0.3, -0.25) is 9.78 Å². The Morgan fingerprint density at radius 1 is 1.07 bits per heavy atom. The number of hydrogen-bond acceptors (Lipinski definition) is 4. The minimum Gasteiger partial charge on any atom is -0.370 e. The maximum atomic E-state index is 12.7. The summed E-state index contributed by atoms with van der Waals surface area (Å²) in [5.41, 5.74) is 4.28. The fourth-order valence-electron chi connectivity index (χ4n) is 3.72. The van der Waals surface area contributed by atoms with E-state index in [1.54, 1.807) is 0 Å². The van der Waals surface area contributed by atoms with Gasteiger partial charge in [0.25, 0.3) is 0 Å². The molecule has 27 heavy (non-hydrogen) atoms. The summed E-state index contributed by atoms with van der Waals surface area (Å²) in [6.07, 6.45) is 5.18. The number of aromatic nitrogens is 3. The van der Waals surface area contributed by atoms with Crippen LogP contribution in [0.25, 0.3) is 11.0 Å². The number of carbonyl (C=O) groups is 1. The maximum absolute atomic E-state index is 12.7. The topological polar surface area (TPSA) is 54.3 Å². The molecule has 1 amide bonds. The van der Waals surface area contributed by atoms with Gasteiger partial charge in [-0.05, 0) is 37.6 Å². The van der Waals surface area contributed by atoms with Crippen LogP contribution in [0.2, 0.25) is 0 Å². The monoisotopic (exact) mass is 363 g/mol. The number of nitrogens with zero attached hydrogens (tertiary/aromatic N) is 5. The highest BCUT2D eigenvalue weighted by molar-refractivity contribution is 5.77. The van der Waals surface area contributed by atoms with Gasteiger partial charge in [0.2, 0.25) is 5.91 Å². The number of imidazole rings is 1. The highest BCUT2D eigenvalue weighted by Crippen LogP contribution is 2.17. The first-order valence-electron chi connectivity index (χ1n) is 9.56. The molecule has 4 rings (SSSR count). The largest absolute Gasteiger partial charge is 0.370 e. The molecule has 1 aromatic carbocycles. The summed E-state index contributed by atoms with van der Waals surface area (Å²) in [6, 6.07) is 12.2. The van der Waals surface area contributed by atoms with Gasteiger partial charge in [-0.15, -0.1) is 0 Å². The summed E-state index contributed by atoms with van der Waals surface area (Å²) in [7, 11) is 0. The Kier molecular flexibility index (Phi) is 5.05. The zero-order chi connectivity index (χ0) is 18.6. The van der Waals surface area contributed by atoms with Crippen molar-refractivity contribution in [2.75, 3.05) is 31.1 Å². The van der Waals surface area contributed by atoms with Crippen molar-refractivity contribution >= 4 is 22.6 Å². The van der Waals surface area contributed by atoms with Crippen LogP contribution in [0.1, 0.15) is 18.5 Å². The van der Waals surface area contributed by atoms with Gasteiger partial charge in [-0.2, -0.15) is 0 Å². The van der Waals surface area contributed by atoms with Crippen LogP contribution in [0.15, 0.2) is 48.9 Å². The van der Waals surface area contributed by atoms with Crippen molar-refractivity contribution in [1.82, 2.24) is 19.4 Å². The first-order valence-corrected chi connectivity index (χ1v) is 9.56. The van der Waals surface area contributed by atoms with Crippen LogP contribution in [0.3, 0.4) is 0 Å². The summed E-state index contributed by atoms with van der Waals surface area (Å²) in [5, 5.41) is 0. The van der Waals surface area contributed by atoms with Crippen molar-refractivity contribution in [3.63, 3.8) is 0 Å². The number of aryl methyl sites for hydroxylation is 2. The van der Waals surface area contributed by atoms with Crippen LogP contribution >= 0.6 is 0 Å². The molecular weight excluding hydrogens is 338 g/mol. The first kappa shape index (κ1) is 17.5. The van der Waals surface area contributed by atoms with E-state index in [4.69, 9.17) is 0 Å². The third kappa shape index (κ3) is 3.94. The average Bonchev–Trinajstić information content (AvgIpc) is 2.93. The fourth-order valence-corrected chi connectivity index (χ4v) is 3.72. The second-order valence-electron chi connectivity index (χ2n) is 7.05. The number of rotatable bonds is 4. The van der Waals surface area contributed by atoms with Crippen molar-refractivity contribution in [2.45, 2.75) is 26.3 Å². The third-order valence-electron chi connectivity index (χ3n) is 5.19. The van der Waals surface area contributed by atoms with Crippen molar-refractivity contribution in [3.8, 4) is 0 Å². The van der Waals surface area contributed by atoms with Gasteiger partial charge in [0, 0.05) is 56.7 Å². The van der Waals surface area contributed by atoms with E-state index in [9.17, 15) is 4.79 Å². The normalized spacial score (nSPS) is 15.1. The Balaban J connectivity index is 1.35. The number of carbonyl (C=O) groups excluding carboxylic acids is 1. The lowest BCUT2D eigenvalue weighted by atomic mass is 10.3. The molecule has 6 nitrogen and oxygen atoms in total. The van der Waals surface area contributed by atoms with E-state index in [-0.39, 0.29) is 5.91 Å². The van der Waals surface area contributed by atoms with Crippen molar-refractivity contribution in [2.24, 2.45) is 0 Å². The Morgan fingerprint density at radius 2 is 1.96 bits per heavy atom. The van der Waals surface area contributed by atoms with Crippen LogP contribution < -0.4 is 4.90 Å². The van der Waals surface area contributed by atoms with Gasteiger partial charge in [0.1, 0.15) is 0 Å². The molecule has 1 fully saturated rings. The van der Waals surface area contributed by atoms with Gasteiger partial charge in [-0.1, -0.05) is 12.1 Å². The fraction of sp³-hybridized carbons (Fsp3) is 0.381. The summed E-state index contributed by atoms with van der Waals surface area (Å²) < 4.78 is 2.07. The molecule has 1 aliphatic rings. The quantitative estimate of drug-likeness (QED) is 0.715. The Labute approximate surface area is 159 Å². The van der Waals surface area contributed by atoms with E-state index in [0.717, 1.165) is 49.3 Å². The standard InChI is InChI=1S/C21H25N5O/c1-17-15-18(7-9-22-17)24-10-4-11-25(14-13-24)21(27)8-12-26-16-23-19-5-2-3-6-20(19)26/h2-3,5-7,9,15-16H,4,8,10-14H2,1H3. The lowest BCUT2D eigenvalue weighted by Gasteiger charge is -2.24. The number of para-hydroxylation sites is 2. The lowest BCUT2D eigenvalue weighted by Crippen LogP contribution is -2.35. The third-order valence-corrected chi connectivity index (χ3v) is 5.19. The second kappa shape index (κ2) is 7.78.